The molecule has 1 aromatic carbocycles. The molecule has 2 aromatic rings. The summed E-state index contributed by atoms with van der Waals surface area (Å²) in [5, 5.41) is 15.8. The largest absolute Gasteiger partial charge is 0.478 e. The van der Waals surface area contributed by atoms with E-state index in [1.807, 2.05) is 12.1 Å². The van der Waals surface area contributed by atoms with Gasteiger partial charge >= 0.3 is 5.97 Å². The highest BCUT2D eigenvalue weighted by Crippen LogP contribution is 2.30. The lowest BCUT2D eigenvalue weighted by atomic mass is 10.1. The summed E-state index contributed by atoms with van der Waals surface area (Å²) in [5.41, 5.74) is 1.90. The van der Waals surface area contributed by atoms with Crippen LogP contribution in [-0.4, -0.2) is 35.8 Å². The van der Waals surface area contributed by atoms with Crippen LogP contribution in [0.25, 0.3) is 6.08 Å². The van der Waals surface area contributed by atoms with E-state index in [1.165, 1.54) is 22.1 Å². The van der Waals surface area contributed by atoms with Crippen LogP contribution in [-0.2, 0) is 4.79 Å². The Hall–Kier alpha value is -2.93. The van der Waals surface area contributed by atoms with Crippen LogP contribution in [0.5, 0.6) is 0 Å². The fourth-order valence-electron chi connectivity index (χ4n) is 2.87. The van der Waals surface area contributed by atoms with Crippen molar-refractivity contribution in [2.24, 2.45) is 5.10 Å². The van der Waals surface area contributed by atoms with Crippen LogP contribution in [0, 0.1) is 0 Å². The lowest BCUT2D eigenvalue weighted by Gasteiger charge is -2.17. The van der Waals surface area contributed by atoms with Crippen LogP contribution in [0.2, 0.25) is 0 Å². The Labute approximate surface area is 162 Å². The van der Waals surface area contributed by atoms with Gasteiger partial charge in [-0.2, -0.15) is 10.1 Å². The molecule has 0 saturated carbocycles. The lowest BCUT2D eigenvalue weighted by molar-refractivity contribution is -0.114. The number of aromatic carboxylic acids is 1. The first-order valence-electron chi connectivity index (χ1n) is 8.74. The van der Waals surface area contributed by atoms with Gasteiger partial charge in [-0.3, -0.25) is 4.79 Å². The van der Waals surface area contributed by atoms with Crippen molar-refractivity contribution in [3.63, 3.8) is 0 Å². The number of hydrogen-bond acceptors (Lipinski definition) is 5. The van der Waals surface area contributed by atoms with Crippen LogP contribution in [0.15, 0.2) is 47.1 Å². The van der Waals surface area contributed by atoms with Crippen LogP contribution in [0.3, 0.4) is 0 Å². The van der Waals surface area contributed by atoms with Crippen molar-refractivity contribution in [1.82, 2.24) is 0 Å². The molecule has 1 aliphatic heterocycles. The molecule has 3 rings (SSSR count). The van der Waals surface area contributed by atoms with Gasteiger partial charge in [0.05, 0.1) is 27.5 Å². The molecule has 140 valence electrons. The average molecular weight is 383 g/mol. The highest BCUT2D eigenvalue weighted by atomic mass is 32.1. The second kappa shape index (κ2) is 7.75. The summed E-state index contributed by atoms with van der Waals surface area (Å²) in [6.45, 7) is 7.91. The van der Waals surface area contributed by atoms with E-state index in [0.717, 1.165) is 18.0 Å². The Morgan fingerprint density at radius 3 is 2.44 bits per heavy atom. The van der Waals surface area contributed by atoms with Gasteiger partial charge in [0.2, 0.25) is 0 Å². The summed E-state index contributed by atoms with van der Waals surface area (Å²) in [6.07, 6.45) is 1.87. The Morgan fingerprint density at radius 2 is 1.85 bits per heavy atom. The maximum atomic E-state index is 12.8. The number of carboxylic acids is 1. The standard InChI is InChI=1S/C20H21N3O3S/c1-4-22(5-2)18-11-10-16(27-18)12-17-13(3)21-23(19(17)24)15-8-6-14(7-9-15)20(25)26/h6-12H,4-5H2,1-3H3,(H,25,26)/b17-12+. The van der Waals surface area contributed by atoms with Gasteiger partial charge < -0.3 is 10.0 Å². The zero-order valence-corrected chi connectivity index (χ0v) is 16.3. The maximum Gasteiger partial charge on any atom is 0.335 e. The van der Waals surface area contributed by atoms with Gasteiger partial charge in [0.1, 0.15) is 0 Å². The minimum atomic E-state index is -1.00. The molecule has 0 radical (unpaired) electrons. The number of rotatable bonds is 6. The number of carbonyl (C=O) groups excluding carboxylic acids is 1. The summed E-state index contributed by atoms with van der Waals surface area (Å²) >= 11 is 1.64. The van der Waals surface area contributed by atoms with E-state index < -0.39 is 5.97 Å². The second-order valence-corrected chi connectivity index (χ2v) is 7.15. The van der Waals surface area contributed by atoms with E-state index in [-0.39, 0.29) is 11.5 Å². The van der Waals surface area contributed by atoms with Gasteiger partial charge in [-0.15, -0.1) is 11.3 Å². The third kappa shape index (κ3) is 3.78. The monoisotopic (exact) mass is 383 g/mol. The van der Waals surface area contributed by atoms with E-state index in [4.69, 9.17) is 5.11 Å². The van der Waals surface area contributed by atoms with Crippen molar-refractivity contribution >= 4 is 45.7 Å². The van der Waals surface area contributed by atoms with Gasteiger partial charge in [-0.25, -0.2) is 4.79 Å². The molecule has 0 atom stereocenters. The molecule has 1 aromatic heterocycles. The smallest absolute Gasteiger partial charge is 0.335 e. The Balaban J connectivity index is 1.84. The van der Waals surface area contributed by atoms with Gasteiger partial charge in [0.15, 0.2) is 0 Å². The molecule has 7 heteroatoms. The Kier molecular flexibility index (Phi) is 5.41. The molecule has 1 amide bonds. The van der Waals surface area contributed by atoms with Crippen molar-refractivity contribution in [2.75, 3.05) is 23.0 Å². The normalized spacial score (nSPS) is 15.4. The molecule has 0 bridgehead atoms. The Morgan fingerprint density at radius 1 is 1.19 bits per heavy atom. The molecular formula is C20H21N3O3S. The fraction of sp³-hybridized carbons (Fsp3) is 0.250. The van der Waals surface area contributed by atoms with Gasteiger partial charge in [-0.05, 0) is 63.2 Å². The first-order valence-corrected chi connectivity index (χ1v) is 9.56. The SMILES string of the molecule is CCN(CC)c1ccc(/C=C2/C(=O)N(c3ccc(C(=O)O)cc3)N=C2C)s1. The third-order valence-corrected chi connectivity index (χ3v) is 5.49. The molecule has 1 N–H and O–H groups in total. The van der Waals surface area contributed by atoms with E-state index in [9.17, 15) is 9.59 Å². The van der Waals surface area contributed by atoms with Crippen LogP contribution in [0.1, 0.15) is 36.0 Å². The van der Waals surface area contributed by atoms with Crippen LogP contribution < -0.4 is 9.91 Å². The van der Waals surface area contributed by atoms with E-state index in [2.05, 4.69) is 29.9 Å². The van der Waals surface area contributed by atoms with Gasteiger partial charge in [0.25, 0.3) is 5.91 Å². The summed E-state index contributed by atoms with van der Waals surface area (Å²) < 4.78 is 0. The van der Waals surface area contributed by atoms with Gasteiger partial charge in [0, 0.05) is 18.0 Å². The molecular weight excluding hydrogens is 362 g/mol. The number of carbonyl (C=O) groups is 2. The van der Waals surface area contributed by atoms with Crippen molar-refractivity contribution in [3.8, 4) is 0 Å². The molecule has 0 fully saturated rings. The van der Waals surface area contributed by atoms with Crippen molar-refractivity contribution in [1.29, 1.82) is 0 Å². The number of anilines is 2. The first-order chi connectivity index (χ1) is 12.9. The number of benzene rings is 1. The molecule has 1 aliphatic rings. The summed E-state index contributed by atoms with van der Waals surface area (Å²) in [7, 11) is 0. The van der Waals surface area contributed by atoms with Crippen molar-refractivity contribution in [3.05, 3.63) is 52.4 Å². The number of hydrogen-bond donors (Lipinski definition) is 1. The molecule has 0 unspecified atom stereocenters. The highest BCUT2D eigenvalue weighted by Gasteiger charge is 2.29. The second-order valence-electron chi connectivity index (χ2n) is 6.06. The summed E-state index contributed by atoms with van der Waals surface area (Å²) in [6, 6.07) is 10.2. The number of amides is 1. The number of thiophene rings is 1. The molecule has 2 heterocycles. The Bertz CT molecular complexity index is 924. The minimum absolute atomic E-state index is 0.171. The lowest BCUT2D eigenvalue weighted by Crippen LogP contribution is -2.21. The number of nitrogens with zero attached hydrogens (tertiary/aromatic N) is 3. The van der Waals surface area contributed by atoms with Crippen LogP contribution in [0.4, 0.5) is 10.7 Å². The summed E-state index contributed by atoms with van der Waals surface area (Å²) in [5.74, 6) is -1.22. The fourth-order valence-corrected chi connectivity index (χ4v) is 3.95. The molecule has 0 spiro atoms. The molecule has 0 aliphatic carbocycles. The number of carboxylic acid groups (broad SMARTS) is 1. The highest BCUT2D eigenvalue weighted by molar-refractivity contribution is 7.17. The average Bonchev–Trinajstić information content (AvgIpc) is 3.23. The predicted molar refractivity (Wildman–Crippen MR) is 110 cm³/mol. The molecule has 0 saturated heterocycles. The predicted octanol–water partition coefficient (Wildman–Crippen LogP) is 4.10. The number of hydrazone groups is 1. The summed E-state index contributed by atoms with van der Waals surface area (Å²) in [4.78, 5) is 27.1. The molecule has 27 heavy (non-hydrogen) atoms. The van der Waals surface area contributed by atoms with Crippen LogP contribution >= 0.6 is 11.3 Å². The molecule has 6 nitrogen and oxygen atoms in total. The zero-order valence-electron chi connectivity index (χ0n) is 15.5. The minimum Gasteiger partial charge on any atom is -0.478 e. The third-order valence-electron chi connectivity index (χ3n) is 4.40. The zero-order chi connectivity index (χ0) is 19.6. The quantitative estimate of drug-likeness (QED) is 0.762. The van der Waals surface area contributed by atoms with E-state index in [0.29, 0.717) is 17.0 Å². The van der Waals surface area contributed by atoms with Gasteiger partial charge in [-0.1, -0.05) is 0 Å². The van der Waals surface area contributed by atoms with Crippen molar-refractivity contribution in [2.45, 2.75) is 20.8 Å². The van der Waals surface area contributed by atoms with Crippen molar-refractivity contribution < 1.29 is 14.7 Å². The topological polar surface area (TPSA) is 73.2 Å². The first kappa shape index (κ1) is 18.8. The maximum absolute atomic E-state index is 12.8. The van der Waals surface area contributed by atoms with E-state index in [1.54, 1.807) is 30.4 Å². The van der Waals surface area contributed by atoms with E-state index >= 15 is 0 Å².